The van der Waals surface area contributed by atoms with Crippen molar-refractivity contribution in [2.45, 2.75) is 6.92 Å². The predicted molar refractivity (Wildman–Crippen MR) is 71.4 cm³/mol. The average molecular weight is 298 g/mol. The van der Waals surface area contributed by atoms with Gasteiger partial charge in [0.2, 0.25) is 0 Å². The number of nitrogens with one attached hydrogen (secondary N) is 1. The van der Waals surface area contributed by atoms with Crippen molar-refractivity contribution in [3.05, 3.63) is 51.6 Å². The molecule has 2 nitrogen and oxygen atoms in total. The van der Waals surface area contributed by atoms with E-state index >= 15 is 0 Å². The Hall–Kier alpha value is -1.06. The molecule has 0 aliphatic heterocycles. The van der Waals surface area contributed by atoms with Crippen LogP contribution in [0.25, 0.3) is 0 Å². The molecule has 16 heavy (non-hydrogen) atoms. The molecule has 1 heterocycles. The van der Waals surface area contributed by atoms with E-state index in [1.165, 1.54) is 0 Å². The van der Waals surface area contributed by atoms with Gasteiger partial charge in [0, 0.05) is 6.20 Å². The Bertz CT molecular complexity index is 514. The summed E-state index contributed by atoms with van der Waals surface area (Å²) >= 11 is 9.52. The van der Waals surface area contributed by atoms with Gasteiger partial charge in [-0.1, -0.05) is 17.7 Å². The van der Waals surface area contributed by atoms with Crippen molar-refractivity contribution in [2.75, 3.05) is 5.32 Å². The molecule has 4 heteroatoms. The van der Waals surface area contributed by atoms with E-state index in [9.17, 15) is 0 Å². The first kappa shape index (κ1) is 11.4. The molecule has 0 fully saturated rings. The topological polar surface area (TPSA) is 24.9 Å². The van der Waals surface area contributed by atoms with Crippen LogP contribution in [-0.2, 0) is 0 Å². The third-order valence-electron chi connectivity index (χ3n) is 2.13. The number of aromatic nitrogens is 1. The summed E-state index contributed by atoms with van der Waals surface area (Å²) in [6.07, 6.45) is 1.73. The number of rotatable bonds is 2. The van der Waals surface area contributed by atoms with Crippen LogP contribution < -0.4 is 5.32 Å². The molecule has 0 saturated carbocycles. The summed E-state index contributed by atoms with van der Waals surface area (Å²) in [4.78, 5) is 4.23. The lowest BCUT2D eigenvalue weighted by Crippen LogP contribution is -1.95. The summed E-state index contributed by atoms with van der Waals surface area (Å²) in [6, 6.07) is 9.63. The molecule has 0 bridgehead atoms. The van der Waals surface area contributed by atoms with Gasteiger partial charge in [0.15, 0.2) is 0 Å². The quantitative estimate of drug-likeness (QED) is 0.879. The number of aryl methyl sites for hydroxylation is 1. The number of nitrogens with zero attached hydrogens (tertiary/aromatic N) is 1. The van der Waals surface area contributed by atoms with E-state index < -0.39 is 0 Å². The molecule has 0 saturated heterocycles. The third-order valence-corrected chi connectivity index (χ3v) is 3.10. The zero-order chi connectivity index (χ0) is 11.5. The van der Waals surface area contributed by atoms with Gasteiger partial charge >= 0.3 is 0 Å². The first-order valence-corrected chi connectivity index (χ1v) is 5.97. The number of anilines is 2. The molecule has 0 aliphatic rings. The van der Waals surface area contributed by atoms with Gasteiger partial charge in [-0.2, -0.15) is 0 Å². The van der Waals surface area contributed by atoms with Crippen molar-refractivity contribution in [3.63, 3.8) is 0 Å². The van der Waals surface area contributed by atoms with E-state index in [0.29, 0.717) is 5.02 Å². The van der Waals surface area contributed by atoms with Crippen molar-refractivity contribution in [1.82, 2.24) is 4.98 Å². The van der Waals surface area contributed by atoms with Crippen LogP contribution in [0.15, 0.2) is 41.0 Å². The van der Waals surface area contributed by atoms with Crippen LogP contribution in [0.3, 0.4) is 0 Å². The number of pyridine rings is 1. The standard InChI is InChI=1S/C12H10BrClN2/c1-8-4-5-10(14)11(7-8)16-12-9(13)3-2-6-15-12/h2-7H,1H3,(H,15,16). The summed E-state index contributed by atoms with van der Waals surface area (Å²) < 4.78 is 0.910. The van der Waals surface area contributed by atoms with Crippen molar-refractivity contribution in [3.8, 4) is 0 Å². The molecule has 2 rings (SSSR count). The Labute approximate surface area is 108 Å². The van der Waals surface area contributed by atoms with Gasteiger partial charge in [-0.3, -0.25) is 0 Å². The zero-order valence-electron chi connectivity index (χ0n) is 8.67. The van der Waals surface area contributed by atoms with Crippen molar-refractivity contribution in [1.29, 1.82) is 0 Å². The highest BCUT2D eigenvalue weighted by atomic mass is 79.9. The first-order chi connectivity index (χ1) is 7.66. The molecule has 1 aromatic heterocycles. The minimum Gasteiger partial charge on any atom is -0.338 e. The van der Waals surface area contributed by atoms with Crippen molar-refractivity contribution in [2.24, 2.45) is 0 Å². The predicted octanol–water partition coefficient (Wildman–Crippen LogP) is 4.55. The van der Waals surface area contributed by atoms with Crippen LogP contribution in [0.1, 0.15) is 5.56 Å². The fourth-order valence-electron chi connectivity index (χ4n) is 1.34. The van der Waals surface area contributed by atoms with Crippen LogP contribution >= 0.6 is 27.5 Å². The number of hydrogen-bond donors (Lipinski definition) is 1. The normalized spacial score (nSPS) is 10.2. The molecular weight excluding hydrogens is 288 g/mol. The fourth-order valence-corrected chi connectivity index (χ4v) is 1.86. The van der Waals surface area contributed by atoms with Gasteiger partial charge in [0.25, 0.3) is 0 Å². The third kappa shape index (κ3) is 2.54. The van der Waals surface area contributed by atoms with Gasteiger partial charge in [0.05, 0.1) is 15.2 Å². The van der Waals surface area contributed by atoms with Crippen LogP contribution in [0.2, 0.25) is 5.02 Å². The molecule has 1 N–H and O–H groups in total. The average Bonchev–Trinajstić information content (AvgIpc) is 2.27. The van der Waals surface area contributed by atoms with E-state index in [1.807, 2.05) is 37.3 Å². The van der Waals surface area contributed by atoms with Crippen LogP contribution in [0.4, 0.5) is 11.5 Å². The summed E-state index contributed by atoms with van der Waals surface area (Å²) in [5.41, 5.74) is 2.01. The SMILES string of the molecule is Cc1ccc(Cl)c(Nc2ncccc2Br)c1. The van der Waals surface area contributed by atoms with E-state index in [4.69, 9.17) is 11.6 Å². The fraction of sp³-hybridized carbons (Fsp3) is 0.0833. The Kier molecular flexibility index (Phi) is 3.46. The molecule has 1 aromatic carbocycles. The van der Waals surface area contributed by atoms with Gasteiger partial charge in [0.1, 0.15) is 5.82 Å². The highest BCUT2D eigenvalue weighted by Gasteiger charge is 2.04. The molecule has 0 spiro atoms. The van der Waals surface area contributed by atoms with E-state index in [0.717, 1.165) is 21.5 Å². The molecular formula is C12H10BrClN2. The van der Waals surface area contributed by atoms with Crippen LogP contribution in [0.5, 0.6) is 0 Å². The largest absolute Gasteiger partial charge is 0.338 e. The second-order valence-electron chi connectivity index (χ2n) is 3.44. The first-order valence-electron chi connectivity index (χ1n) is 4.80. The molecule has 2 aromatic rings. The maximum atomic E-state index is 6.09. The van der Waals surface area contributed by atoms with Gasteiger partial charge in [-0.15, -0.1) is 0 Å². The lowest BCUT2D eigenvalue weighted by atomic mass is 10.2. The van der Waals surface area contributed by atoms with E-state index in [2.05, 4.69) is 26.2 Å². The Balaban J connectivity index is 2.34. The monoisotopic (exact) mass is 296 g/mol. The zero-order valence-corrected chi connectivity index (χ0v) is 11.0. The summed E-state index contributed by atoms with van der Waals surface area (Å²) in [5.74, 6) is 0.759. The minimum atomic E-state index is 0.683. The number of benzene rings is 1. The molecule has 82 valence electrons. The maximum Gasteiger partial charge on any atom is 0.144 e. The Morgan fingerprint density at radius 1 is 1.31 bits per heavy atom. The second-order valence-corrected chi connectivity index (χ2v) is 4.70. The summed E-state index contributed by atoms with van der Waals surface area (Å²) in [5, 5.41) is 3.87. The second kappa shape index (κ2) is 4.85. The van der Waals surface area contributed by atoms with Crippen molar-refractivity contribution < 1.29 is 0 Å². The smallest absolute Gasteiger partial charge is 0.144 e. The highest BCUT2D eigenvalue weighted by Crippen LogP contribution is 2.28. The molecule has 0 atom stereocenters. The Morgan fingerprint density at radius 3 is 2.88 bits per heavy atom. The van der Waals surface area contributed by atoms with Crippen molar-refractivity contribution >= 4 is 39.0 Å². The van der Waals surface area contributed by atoms with E-state index in [1.54, 1.807) is 6.20 Å². The number of hydrogen-bond acceptors (Lipinski definition) is 2. The molecule has 0 unspecified atom stereocenters. The minimum absolute atomic E-state index is 0.683. The van der Waals surface area contributed by atoms with Crippen LogP contribution in [-0.4, -0.2) is 4.98 Å². The molecule has 0 radical (unpaired) electrons. The van der Waals surface area contributed by atoms with Gasteiger partial charge in [-0.05, 0) is 52.7 Å². The lowest BCUT2D eigenvalue weighted by molar-refractivity contribution is 1.29. The maximum absolute atomic E-state index is 6.09. The molecule has 0 aliphatic carbocycles. The van der Waals surface area contributed by atoms with E-state index in [-0.39, 0.29) is 0 Å². The lowest BCUT2D eigenvalue weighted by Gasteiger charge is -2.09. The summed E-state index contributed by atoms with van der Waals surface area (Å²) in [7, 11) is 0. The molecule has 0 amide bonds. The van der Waals surface area contributed by atoms with Gasteiger partial charge in [-0.25, -0.2) is 4.98 Å². The van der Waals surface area contributed by atoms with Gasteiger partial charge < -0.3 is 5.32 Å². The summed E-state index contributed by atoms with van der Waals surface area (Å²) in [6.45, 7) is 2.02. The number of halogens is 2. The Morgan fingerprint density at radius 2 is 2.12 bits per heavy atom. The highest BCUT2D eigenvalue weighted by molar-refractivity contribution is 9.10. The van der Waals surface area contributed by atoms with Crippen LogP contribution in [0, 0.1) is 6.92 Å².